The van der Waals surface area contributed by atoms with Crippen molar-refractivity contribution in [3.05, 3.63) is 36.1 Å². The van der Waals surface area contributed by atoms with Gasteiger partial charge in [0.2, 0.25) is 5.76 Å². The van der Waals surface area contributed by atoms with Crippen LogP contribution in [0.1, 0.15) is 42.9 Å². The Kier molecular flexibility index (Phi) is 5.51. The third-order valence-electron chi connectivity index (χ3n) is 4.41. The van der Waals surface area contributed by atoms with Gasteiger partial charge >= 0.3 is 0 Å². The number of amides is 1. The Morgan fingerprint density at radius 3 is 3.04 bits per heavy atom. The zero-order chi connectivity index (χ0) is 18.6. The SMILES string of the molecule is CC(C)Cc1cc(C(=O)NCC2(O)CCCN(c3cnccn3)C2)on1. The van der Waals surface area contributed by atoms with E-state index in [9.17, 15) is 9.90 Å². The fourth-order valence-corrected chi connectivity index (χ4v) is 3.17. The number of rotatable bonds is 6. The predicted molar refractivity (Wildman–Crippen MR) is 95.8 cm³/mol. The second-order valence-electron chi connectivity index (χ2n) is 7.28. The van der Waals surface area contributed by atoms with Gasteiger partial charge in [-0.05, 0) is 25.2 Å². The van der Waals surface area contributed by atoms with Crippen molar-refractivity contribution in [2.45, 2.75) is 38.7 Å². The van der Waals surface area contributed by atoms with Crippen LogP contribution in [0.3, 0.4) is 0 Å². The molecule has 2 aromatic heterocycles. The molecule has 0 radical (unpaired) electrons. The van der Waals surface area contributed by atoms with Gasteiger partial charge in [-0.2, -0.15) is 0 Å². The third-order valence-corrected chi connectivity index (χ3v) is 4.41. The van der Waals surface area contributed by atoms with Crippen molar-refractivity contribution in [1.82, 2.24) is 20.4 Å². The number of hydrogen-bond acceptors (Lipinski definition) is 7. The Morgan fingerprint density at radius 1 is 1.46 bits per heavy atom. The van der Waals surface area contributed by atoms with E-state index in [1.807, 2.05) is 4.90 Å². The standard InChI is InChI=1S/C18H25N5O3/c1-13(2)8-14-9-15(26-22-14)17(24)21-11-18(25)4-3-7-23(12-18)16-10-19-5-6-20-16/h5-6,9-10,13,25H,3-4,7-8,11-12H2,1-2H3,(H,21,24). The average Bonchev–Trinajstić information content (AvgIpc) is 3.08. The summed E-state index contributed by atoms with van der Waals surface area (Å²) in [6.07, 6.45) is 7.10. The molecular formula is C18H25N5O3. The average molecular weight is 359 g/mol. The molecule has 1 aliphatic heterocycles. The summed E-state index contributed by atoms with van der Waals surface area (Å²) in [6.45, 7) is 5.49. The highest BCUT2D eigenvalue weighted by molar-refractivity contribution is 5.91. The summed E-state index contributed by atoms with van der Waals surface area (Å²) < 4.78 is 5.12. The lowest BCUT2D eigenvalue weighted by atomic mass is 9.92. The van der Waals surface area contributed by atoms with E-state index < -0.39 is 5.60 Å². The van der Waals surface area contributed by atoms with Crippen LogP contribution in [0.2, 0.25) is 0 Å². The molecule has 8 nitrogen and oxygen atoms in total. The van der Waals surface area contributed by atoms with Crippen LogP contribution in [0.4, 0.5) is 5.82 Å². The van der Waals surface area contributed by atoms with Gasteiger partial charge in [-0.15, -0.1) is 0 Å². The Morgan fingerprint density at radius 2 is 2.31 bits per heavy atom. The molecule has 8 heteroatoms. The fraction of sp³-hybridized carbons (Fsp3) is 0.556. The molecule has 1 atom stereocenters. The number of hydrogen-bond donors (Lipinski definition) is 2. The number of carbonyl (C=O) groups is 1. The number of aliphatic hydroxyl groups is 1. The first-order valence-corrected chi connectivity index (χ1v) is 8.92. The van der Waals surface area contributed by atoms with Gasteiger partial charge in [0.05, 0.1) is 17.5 Å². The van der Waals surface area contributed by atoms with Gasteiger partial charge in [0.1, 0.15) is 5.82 Å². The summed E-state index contributed by atoms with van der Waals surface area (Å²) in [4.78, 5) is 22.6. The molecule has 0 aliphatic carbocycles. The third kappa shape index (κ3) is 4.57. The summed E-state index contributed by atoms with van der Waals surface area (Å²) in [5, 5.41) is 17.6. The van der Waals surface area contributed by atoms with Crippen molar-refractivity contribution in [1.29, 1.82) is 0 Å². The van der Waals surface area contributed by atoms with Crippen LogP contribution < -0.4 is 10.2 Å². The van der Waals surface area contributed by atoms with Gasteiger partial charge < -0.3 is 19.8 Å². The van der Waals surface area contributed by atoms with Crippen molar-refractivity contribution in [3.8, 4) is 0 Å². The highest BCUT2D eigenvalue weighted by Gasteiger charge is 2.34. The highest BCUT2D eigenvalue weighted by Crippen LogP contribution is 2.24. The van der Waals surface area contributed by atoms with Crippen molar-refractivity contribution in [2.24, 2.45) is 5.92 Å². The Balaban J connectivity index is 1.57. The second kappa shape index (κ2) is 7.82. The van der Waals surface area contributed by atoms with Crippen LogP contribution >= 0.6 is 0 Å². The van der Waals surface area contributed by atoms with Gasteiger partial charge in [0, 0.05) is 38.1 Å². The first-order chi connectivity index (χ1) is 12.5. The smallest absolute Gasteiger partial charge is 0.290 e. The first kappa shape index (κ1) is 18.3. The first-order valence-electron chi connectivity index (χ1n) is 8.92. The van der Waals surface area contributed by atoms with E-state index in [0.29, 0.717) is 18.9 Å². The molecule has 0 aromatic carbocycles. The van der Waals surface area contributed by atoms with Gasteiger partial charge in [0.25, 0.3) is 5.91 Å². The molecule has 3 rings (SSSR count). The molecule has 1 fully saturated rings. The summed E-state index contributed by atoms with van der Waals surface area (Å²) in [5.74, 6) is 0.972. The van der Waals surface area contributed by atoms with Crippen molar-refractivity contribution >= 4 is 11.7 Å². The van der Waals surface area contributed by atoms with Crippen LogP contribution in [0.25, 0.3) is 0 Å². The lowest BCUT2D eigenvalue weighted by Gasteiger charge is -2.39. The largest absolute Gasteiger partial charge is 0.386 e. The van der Waals surface area contributed by atoms with Crippen molar-refractivity contribution < 1.29 is 14.4 Å². The number of piperidine rings is 1. The normalized spacial score (nSPS) is 20.4. The summed E-state index contributed by atoms with van der Waals surface area (Å²) in [5.41, 5.74) is -0.262. The number of β-amino-alcohol motifs (C(OH)–C–C–N with tert-alkyl or cyclic N) is 1. The minimum Gasteiger partial charge on any atom is -0.386 e. The zero-order valence-corrected chi connectivity index (χ0v) is 15.2. The fourth-order valence-electron chi connectivity index (χ4n) is 3.17. The molecule has 140 valence electrons. The van der Waals surface area contributed by atoms with Gasteiger partial charge in [0.15, 0.2) is 0 Å². The van der Waals surface area contributed by atoms with Gasteiger partial charge in [-0.25, -0.2) is 4.98 Å². The number of nitrogens with one attached hydrogen (secondary N) is 1. The quantitative estimate of drug-likeness (QED) is 0.804. The number of anilines is 1. The molecule has 0 spiro atoms. The van der Waals surface area contributed by atoms with Crippen LogP contribution in [0.5, 0.6) is 0 Å². The zero-order valence-electron chi connectivity index (χ0n) is 15.2. The maximum Gasteiger partial charge on any atom is 0.290 e. The van der Waals surface area contributed by atoms with Crippen molar-refractivity contribution in [2.75, 3.05) is 24.5 Å². The number of aromatic nitrogens is 3. The van der Waals surface area contributed by atoms with Crippen LogP contribution in [-0.4, -0.2) is 51.4 Å². The highest BCUT2D eigenvalue weighted by atomic mass is 16.5. The molecule has 1 saturated heterocycles. The Hall–Kier alpha value is -2.48. The van der Waals surface area contributed by atoms with Gasteiger partial charge in [-0.1, -0.05) is 19.0 Å². The van der Waals surface area contributed by atoms with E-state index in [-0.39, 0.29) is 18.2 Å². The topological polar surface area (TPSA) is 104 Å². The molecule has 1 amide bonds. The second-order valence-corrected chi connectivity index (χ2v) is 7.28. The van der Waals surface area contributed by atoms with E-state index in [4.69, 9.17) is 4.52 Å². The molecule has 0 bridgehead atoms. The van der Waals surface area contributed by atoms with Crippen LogP contribution in [-0.2, 0) is 6.42 Å². The van der Waals surface area contributed by atoms with Crippen LogP contribution in [0, 0.1) is 5.92 Å². The van der Waals surface area contributed by atoms with E-state index in [0.717, 1.165) is 30.9 Å². The Labute approximate surface area is 152 Å². The maximum atomic E-state index is 12.3. The van der Waals surface area contributed by atoms with E-state index in [1.54, 1.807) is 24.7 Å². The molecule has 2 aromatic rings. The summed E-state index contributed by atoms with van der Waals surface area (Å²) in [7, 11) is 0. The minimum atomic E-state index is -1.02. The lowest BCUT2D eigenvalue weighted by Crippen LogP contribution is -2.54. The van der Waals surface area contributed by atoms with Gasteiger partial charge in [-0.3, -0.25) is 9.78 Å². The van der Waals surface area contributed by atoms with Crippen molar-refractivity contribution in [3.63, 3.8) is 0 Å². The molecule has 1 unspecified atom stereocenters. The lowest BCUT2D eigenvalue weighted by molar-refractivity contribution is 0.0250. The monoisotopic (exact) mass is 359 g/mol. The van der Waals surface area contributed by atoms with E-state index >= 15 is 0 Å². The van der Waals surface area contributed by atoms with E-state index in [2.05, 4.69) is 34.3 Å². The van der Waals surface area contributed by atoms with Crippen LogP contribution in [0.15, 0.2) is 29.2 Å². The Bertz CT molecular complexity index is 733. The number of nitrogens with zero attached hydrogens (tertiary/aromatic N) is 4. The molecular weight excluding hydrogens is 334 g/mol. The summed E-state index contributed by atoms with van der Waals surface area (Å²) in [6, 6.07) is 1.66. The molecule has 26 heavy (non-hydrogen) atoms. The molecule has 0 saturated carbocycles. The van der Waals surface area contributed by atoms with E-state index in [1.165, 1.54) is 0 Å². The predicted octanol–water partition coefficient (Wildman–Crippen LogP) is 1.42. The minimum absolute atomic E-state index is 0.142. The molecule has 2 N–H and O–H groups in total. The molecule has 1 aliphatic rings. The maximum absolute atomic E-state index is 12.3. The summed E-state index contributed by atoms with van der Waals surface area (Å²) >= 11 is 0. The molecule has 3 heterocycles. The number of carbonyl (C=O) groups excluding carboxylic acids is 1.